The van der Waals surface area contributed by atoms with Crippen LogP contribution in [0.5, 0.6) is 0 Å². The quantitative estimate of drug-likeness (QED) is 0.555. The Morgan fingerprint density at radius 1 is 1.17 bits per heavy atom. The monoisotopic (exact) mass is 519 g/mol. The van der Waals surface area contributed by atoms with Crippen LogP contribution in [0.3, 0.4) is 0 Å². The van der Waals surface area contributed by atoms with Gasteiger partial charge in [-0.05, 0) is 43.4 Å². The van der Waals surface area contributed by atoms with E-state index in [0.717, 1.165) is 5.56 Å². The van der Waals surface area contributed by atoms with Gasteiger partial charge in [0.05, 0.1) is 17.3 Å². The first-order chi connectivity index (χ1) is 16.7. The molecule has 0 aromatic heterocycles. The Morgan fingerprint density at radius 2 is 1.81 bits per heavy atom. The van der Waals surface area contributed by atoms with Crippen LogP contribution in [0.4, 0.5) is 4.79 Å². The van der Waals surface area contributed by atoms with Crippen molar-refractivity contribution in [3.05, 3.63) is 47.2 Å². The lowest BCUT2D eigenvalue weighted by Gasteiger charge is -2.51. The van der Waals surface area contributed by atoms with Crippen molar-refractivity contribution < 1.29 is 24.2 Å². The molecule has 1 aromatic rings. The normalized spacial score (nSPS) is 24.4. The highest BCUT2D eigenvalue weighted by Gasteiger charge is 2.50. The molecule has 0 radical (unpaired) electrons. The number of rotatable bonds is 6. The first kappa shape index (κ1) is 28.0. The molecule has 0 bridgehead atoms. The maximum atomic E-state index is 13.6. The third-order valence-electron chi connectivity index (χ3n) is 7.39. The first-order valence-corrected chi connectivity index (χ1v) is 12.8. The van der Waals surface area contributed by atoms with Crippen molar-refractivity contribution in [3.8, 4) is 0 Å². The number of carbonyl (C=O) groups excluding carboxylic acids is 3. The molecule has 2 aliphatic rings. The van der Waals surface area contributed by atoms with E-state index < -0.39 is 29.1 Å². The van der Waals surface area contributed by atoms with Gasteiger partial charge < -0.3 is 25.0 Å². The smallest absolute Gasteiger partial charge is 0.414 e. The zero-order valence-electron chi connectivity index (χ0n) is 21.8. The molecular formula is C27H38ClN3O5. The van der Waals surface area contributed by atoms with Gasteiger partial charge in [0.2, 0.25) is 11.8 Å². The molecule has 198 valence electrons. The summed E-state index contributed by atoms with van der Waals surface area (Å²) in [6.07, 6.45) is 0.355. The third-order valence-corrected chi connectivity index (χ3v) is 7.64. The molecule has 2 heterocycles. The van der Waals surface area contributed by atoms with Crippen molar-refractivity contribution >= 4 is 29.5 Å². The van der Waals surface area contributed by atoms with Gasteiger partial charge in [0.15, 0.2) is 0 Å². The second kappa shape index (κ2) is 10.8. The predicted molar refractivity (Wildman–Crippen MR) is 138 cm³/mol. The van der Waals surface area contributed by atoms with E-state index >= 15 is 0 Å². The number of hydrogen-bond acceptors (Lipinski definition) is 5. The van der Waals surface area contributed by atoms with E-state index in [4.69, 9.17) is 16.3 Å². The molecular weight excluding hydrogens is 482 g/mol. The van der Waals surface area contributed by atoms with Gasteiger partial charge in [-0.2, -0.15) is 0 Å². The number of carbonyl (C=O) groups is 3. The average Bonchev–Trinajstić information content (AvgIpc) is 3.29. The molecule has 2 aliphatic heterocycles. The molecule has 3 atom stereocenters. The van der Waals surface area contributed by atoms with E-state index in [2.05, 4.69) is 11.9 Å². The molecule has 0 unspecified atom stereocenters. The number of nitrogens with one attached hydrogen (secondary N) is 1. The van der Waals surface area contributed by atoms with Crippen LogP contribution in [-0.4, -0.2) is 65.0 Å². The van der Waals surface area contributed by atoms with Crippen LogP contribution in [0.25, 0.3) is 0 Å². The first-order valence-electron chi connectivity index (χ1n) is 12.4. The van der Waals surface area contributed by atoms with Gasteiger partial charge >= 0.3 is 6.09 Å². The van der Waals surface area contributed by atoms with Gasteiger partial charge in [-0.3, -0.25) is 9.59 Å². The van der Waals surface area contributed by atoms with Crippen molar-refractivity contribution in [1.82, 2.24) is 15.1 Å². The Bertz CT molecular complexity index is 1010. The van der Waals surface area contributed by atoms with Crippen molar-refractivity contribution in [2.75, 3.05) is 26.2 Å². The number of likely N-dealkylation sites (tertiary alicyclic amines) is 2. The van der Waals surface area contributed by atoms with Crippen molar-refractivity contribution in [2.45, 2.75) is 59.1 Å². The minimum atomic E-state index is -1.11. The van der Waals surface area contributed by atoms with Gasteiger partial charge in [0, 0.05) is 36.6 Å². The summed E-state index contributed by atoms with van der Waals surface area (Å²) in [6.45, 7) is 14.2. The predicted octanol–water partition coefficient (Wildman–Crippen LogP) is 3.92. The van der Waals surface area contributed by atoms with Crippen molar-refractivity contribution in [1.29, 1.82) is 0 Å². The summed E-state index contributed by atoms with van der Waals surface area (Å²) in [5.74, 6) is -0.662. The summed E-state index contributed by atoms with van der Waals surface area (Å²) in [5.41, 5.74) is -0.972. The zero-order chi connectivity index (χ0) is 26.8. The molecule has 9 heteroatoms. The molecule has 0 saturated carbocycles. The largest absolute Gasteiger partial charge is 0.416 e. The Balaban J connectivity index is 1.66. The van der Waals surface area contributed by atoms with E-state index in [1.807, 2.05) is 39.8 Å². The minimum absolute atomic E-state index is 0.132. The third kappa shape index (κ3) is 5.86. The van der Waals surface area contributed by atoms with Crippen LogP contribution in [0.1, 0.15) is 53.0 Å². The number of ether oxygens (including phenoxy) is 1. The second-order valence-electron chi connectivity index (χ2n) is 11.0. The minimum Gasteiger partial charge on any atom is -0.416 e. The number of allylic oxidation sites excluding steroid dienone is 1. The Hall–Kier alpha value is -2.58. The van der Waals surface area contributed by atoms with Crippen molar-refractivity contribution in [3.63, 3.8) is 0 Å². The van der Waals surface area contributed by atoms with Gasteiger partial charge in [0.1, 0.15) is 6.04 Å². The Kier molecular flexibility index (Phi) is 8.41. The maximum absolute atomic E-state index is 13.6. The van der Waals surface area contributed by atoms with Crippen LogP contribution in [0.2, 0.25) is 5.02 Å². The summed E-state index contributed by atoms with van der Waals surface area (Å²) < 4.78 is 5.05. The number of halogens is 1. The van der Waals surface area contributed by atoms with E-state index in [1.165, 1.54) is 4.90 Å². The number of aliphatic hydroxyl groups is 1. The molecule has 36 heavy (non-hydrogen) atoms. The summed E-state index contributed by atoms with van der Waals surface area (Å²) in [7, 11) is 0. The average molecular weight is 520 g/mol. The molecule has 3 rings (SSSR count). The second-order valence-corrected chi connectivity index (χ2v) is 11.4. The highest BCUT2D eigenvalue weighted by molar-refractivity contribution is 6.30. The van der Waals surface area contributed by atoms with Crippen LogP contribution >= 0.6 is 11.6 Å². The summed E-state index contributed by atoms with van der Waals surface area (Å²) in [4.78, 5) is 42.0. The lowest BCUT2D eigenvalue weighted by Crippen LogP contribution is -2.60. The fourth-order valence-corrected chi connectivity index (χ4v) is 5.23. The topological polar surface area (TPSA) is 99.2 Å². The van der Waals surface area contributed by atoms with Crippen LogP contribution < -0.4 is 5.32 Å². The highest BCUT2D eigenvalue weighted by Crippen LogP contribution is 2.46. The molecule has 0 spiro atoms. The number of amides is 3. The molecule has 1 aromatic carbocycles. The van der Waals surface area contributed by atoms with Gasteiger partial charge in [-0.25, -0.2) is 4.79 Å². The van der Waals surface area contributed by atoms with E-state index in [9.17, 15) is 19.5 Å². The SMILES string of the molecule is C=C(C)OC(=O)N1CC[C@@H](C(=O)N[C@@H](C(=O)N2CC[C@](O)(c3ccc(Cl)cc3)C(C)(C)C2)C(C)C)C1. The van der Waals surface area contributed by atoms with Crippen LogP contribution in [-0.2, 0) is 19.9 Å². The van der Waals surface area contributed by atoms with Gasteiger partial charge in [0.25, 0.3) is 0 Å². The molecule has 2 fully saturated rings. The van der Waals surface area contributed by atoms with Crippen LogP contribution in [0.15, 0.2) is 36.6 Å². The number of nitrogens with zero attached hydrogens (tertiary/aromatic N) is 2. The number of benzene rings is 1. The zero-order valence-corrected chi connectivity index (χ0v) is 22.6. The van der Waals surface area contributed by atoms with Crippen molar-refractivity contribution in [2.24, 2.45) is 17.3 Å². The molecule has 3 amide bonds. The standard InChI is InChI=1S/C27H38ClN3O5/c1-17(2)22(29-23(32)19-11-13-30(15-19)25(34)36-18(3)4)24(33)31-14-12-27(35,26(5,6)16-31)20-7-9-21(28)10-8-20/h7-10,17,19,22,35H,3,11-16H2,1-2,4-6H3,(H,29,32)/t19-,22-,27+/m1/s1. The van der Waals surface area contributed by atoms with E-state index in [1.54, 1.807) is 24.0 Å². The summed E-state index contributed by atoms with van der Waals surface area (Å²) >= 11 is 6.03. The fraction of sp³-hybridized carbons (Fsp3) is 0.593. The maximum Gasteiger partial charge on any atom is 0.414 e. The van der Waals surface area contributed by atoms with E-state index in [0.29, 0.717) is 43.3 Å². The van der Waals surface area contributed by atoms with Gasteiger partial charge in [-0.15, -0.1) is 0 Å². The fourth-order valence-electron chi connectivity index (χ4n) is 5.11. The molecule has 2 N–H and O–H groups in total. The molecule has 8 nitrogen and oxygen atoms in total. The number of piperidine rings is 1. The Labute approximate surface area is 218 Å². The van der Waals surface area contributed by atoms with E-state index in [-0.39, 0.29) is 24.3 Å². The number of hydrogen-bond donors (Lipinski definition) is 2. The Morgan fingerprint density at radius 3 is 2.36 bits per heavy atom. The lowest BCUT2D eigenvalue weighted by atomic mass is 9.66. The summed E-state index contributed by atoms with van der Waals surface area (Å²) in [5, 5.41) is 15.2. The molecule has 0 aliphatic carbocycles. The van der Waals surface area contributed by atoms with Gasteiger partial charge in [-0.1, -0.05) is 58.0 Å². The molecule has 2 saturated heterocycles. The summed E-state index contributed by atoms with van der Waals surface area (Å²) in [6, 6.07) is 6.47. The van der Waals surface area contributed by atoms with Crippen LogP contribution in [0, 0.1) is 17.3 Å². The highest BCUT2D eigenvalue weighted by atomic mass is 35.5. The lowest BCUT2D eigenvalue weighted by molar-refractivity contribution is -0.157.